The van der Waals surface area contributed by atoms with Gasteiger partial charge in [-0.2, -0.15) is 8.78 Å². The minimum atomic E-state index is -1.33. The SMILES string of the molecule is CO/C(F)=C(\F)c1ccc(-c2ccc(-c3cc(F)c(OCF)c(F)c3)cc2)cc1. The molecule has 0 amide bonds. The Labute approximate surface area is 163 Å². The van der Waals surface area contributed by atoms with Crippen molar-refractivity contribution in [1.29, 1.82) is 0 Å². The topological polar surface area (TPSA) is 18.5 Å². The molecule has 0 heterocycles. The van der Waals surface area contributed by atoms with Gasteiger partial charge in [0, 0.05) is 5.56 Å². The van der Waals surface area contributed by atoms with Crippen LogP contribution in [0.4, 0.5) is 22.0 Å². The lowest BCUT2D eigenvalue weighted by Crippen LogP contribution is -1.97. The van der Waals surface area contributed by atoms with E-state index in [0.717, 1.165) is 30.4 Å². The fraction of sp³-hybridized carbons (Fsp3) is 0.0909. The molecule has 0 radical (unpaired) electrons. The summed E-state index contributed by atoms with van der Waals surface area (Å²) in [5.41, 5.74) is 2.32. The van der Waals surface area contributed by atoms with Crippen molar-refractivity contribution in [3.63, 3.8) is 0 Å². The third kappa shape index (κ3) is 4.39. The molecule has 7 heteroatoms. The van der Waals surface area contributed by atoms with E-state index in [1.54, 1.807) is 36.4 Å². The van der Waals surface area contributed by atoms with Crippen LogP contribution in [0.5, 0.6) is 5.75 Å². The van der Waals surface area contributed by atoms with Crippen molar-refractivity contribution < 1.29 is 31.4 Å². The normalized spacial score (nSPS) is 11.8. The first kappa shape index (κ1) is 20.4. The molecule has 2 nitrogen and oxygen atoms in total. The van der Waals surface area contributed by atoms with E-state index < -0.39 is 36.1 Å². The molecule has 0 aliphatic rings. The lowest BCUT2D eigenvalue weighted by atomic mass is 9.99. The molecule has 0 saturated heterocycles. The summed E-state index contributed by atoms with van der Waals surface area (Å²) in [6.07, 6.45) is 0. The smallest absolute Gasteiger partial charge is 0.309 e. The number of methoxy groups -OCH3 is 1. The van der Waals surface area contributed by atoms with Gasteiger partial charge in [-0.3, -0.25) is 0 Å². The highest BCUT2D eigenvalue weighted by molar-refractivity contribution is 5.72. The van der Waals surface area contributed by atoms with Crippen LogP contribution in [0.25, 0.3) is 28.1 Å². The Morgan fingerprint density at radius 2 is 1.21 bits per heavy atom. The number of alkyl halides is 1. The molecule has 0 atom stereocenters. The highest BCUT2D eigenvalue weighted by atomic mass is 19.2. The van der Waals surface area contributed by atoms with E-state index in [1.165, 1.54) is 12.1 Å². The van der Waals surface area contributed by atoms with Crippen LogP contribution in [0, 0.1) is 11.6 Å². The van der Waals surface area contributed by atoms with E-state index in [0.29, 0.717) is 5.56 Å². The Morgan fingerprint density at radius 1 is 0.759 bits per heavy atom. The summed E-state index contributed by atoms with van der Waals surface area (Å²) in [5.74, 6) is -3.87. The van der Waals surface area contributed by atoms with Crippen molar-refractivity contribution in [2.24, 2.45) is 0 Å². The molecule has 150 valence electrons. The average Bonchev–Trinajstić information content (AvgIpc) is 2.75. The summed E-state index contributed by atoms with van der Waals surface area (Å²) in [6, 6.07) is 13.6. The van der Waals surface area contributed by atoms with Crippen molar-refractivity contribution in [1.82, 2.24) is 0 Å². The van der Waals surface area contributed by atoms with Crippen molar-refractivity contribution in [3.05, 3.63) is 83.9 Å². The van der Waals surface area contributed by atoms with Crippen LogP contribution in [0.3, 0.4) is 0 Å². The van der Waals surface area contributed by atoms with Crippen molar-refractivity contribution in [2.75, 3.05) is 14.0 Å². The highest BCUT2D eigenvalue weighted by Gasteiger charge is 2.14. The molecule has 0 bridgehead atoms. The zero-order chi connectivity index (χ0) is 21.0. The minimum Gasteiger partial charge on any atom is -0.472 e. The standard InChI is InChI=1S/C22H15F5O2/c1-28-22(27)20(26)16-8-6-14(7-9-16)13-2-4-15(5-3-13)17-10-18(24)21(29-12-23)19(25)11-17/h2-11H,12H2,1H3/b22-20-. The van der Waals surface area contributed by atoms with Gasteiger partial charge in [-0.25, -0.2) is 13.2 Å². The van der Waals surface area contributed by atoms with Gasteiger partial charge in [0.2, 0.25) is 12.7 Å². The van der Waals surface area contributed by atoms with E-state index in [9.17, 15) is 22.0 Å². The lowest BCUT2D eigenvalue weighted by Gasteiger charge is -2.09. The molecule has 0 aliphatic heterocycles. The second-order valence-corrected chi connectivity index (χ2v) is 5.97. The number of benzene rings is 3. The Hall–Kier alpha value is -3.35. The van der Waals surface area contributed by atoms with Crippen molar-refractivity contribution in [2.45, 2.75) is 0 Å². The monoisotopic (exact) mass is 406 g/mol. The van der Waals surface area contributed by atoms with E-state index in [-0.39, 0.29) is 11.1 Å². The molecule has 0 spiro atoms. The van der Waals surface area contributed by atoms with Crippen LogP contribution in [0.15, 0.2) is 66.7 Å². The van der Waals surface area contributed by atoms with E-state index in [4.69, 9.17) is 0 Å². The molecule has 29 heavy (non-hydrogen) atoms. The van der Waals surface area contributed by atoms with Crippen LogP contribution in [-0.4, -0.2) is 14.0 Å². The first-order valence-electron chi connectivity index (χ1n) is 8.43. The molecule has 0 N–H and O–H groups in total. The Bertz CT molecular complexity index is 1010. The maximum atomic E-state index is 13.9. The van der Waals surface area contributed by atoms with Gasteiger partial charge >= 0.3 is 6.01 Å². The number of ether oxygens (including phenoxy) is 2. The van der Waals surface area contributed by atoms with Gasteiger partial charge in [-0.05, 0) is 34.4 Å². The van der Waals surface area contributed by atoms with Crippen LogP contribution in [0.1, 0.15) is 5.56 Å². The molecule has 3 rings (SSSR count). The fourth-order valence-corrected chi connectivity index (χ4v) is 2.79. The van der Waals surface area contributed by atoms with Crippen molar-refractivity contribution >= 4 is 5.83 Å². The van der Waals surface area contributed by atoms with Gasteiger partial charge in [0.05, 0.1) is 7.11 Å². The van der Waals surface area contributed by atoms with Gasteiger partial charge in [-0.1, -0.05) is 48.5 Å². The van der Waals surface area contributed by atoms with Gasteiger partial charge < -0.3 is 9.47 Å². The zero-order valence-corrected chi connectivity index (χ0v) is 15.2. The molecule has 0 saturated carbocycles. The Balaban J connectivity index is 1.86. The predicted octanol–water partition coefficient (Wildman–Crippen LogP) is 6.82. The summed E-state index contributed by atoms with van der Waals surface area (Å²) < 4.78 is 75.5. The number of hydrogen-bond donors (Lipinski definition) is 0. The third-order valence-corrected chi connectivity index (χ3v) is 4.24. The molecular weight excluding hydrogens is 391 g/mol. The first-order chi connectivity index (χ1) is 13.9. The van der Waals surface area contributed by atoms with Gasteiger partial charge in [0.1, 0.15) is 0 Å². The number of hydrogen-bond acceptors (Lipinski definition) is 2. The first-order valence-corrected chi connectivity index (χ1v) is 8.43. The molecular formula is C22H15F5O2. The van der Waals surface area contributed by atoms with Gasteiger partial charge in [0.25, 0.3) is 0 Å². The third-order valence-electron chi connectivity index (χ3n) is 4.24. The molecule has 0 aromatic heterocycles. The highest BCUT2D eigenvalue weighted by Crippen LogP contribution is 2.31. The Morgan fingerprint density at radius 3 is 1.66 bits per heavy atom. The molecule has 0 unspecified atom stereocenters. The molecule has 0 aliphatic carbocycles. The summed E-state index contributed by atoms with van der Waals surface area (Å²) >= 11 is 0. The molecule has 3 aromatic rings. The summed E-state index contributed by atoms with van der Waals surface area (Å²) in [7, 11) is 1.03. The van der Waals surface area contributed by atoms with Crippen LogP contribution >= 0.6 is 0 Å². The van der Waals surface area contributed by atoms with Crippen LogP contribution < -0.4 is 4.74 Å². The number of rotatable bonds is 6. The maximum Gasteiger partial charge on any atom is 0.309 e. The summed E-state index contributed by atoms with van der Waals surface area (Å²) in [6.45, 7) is -1.33. The lowest BCUT2D eigenvalue weighted by molar-refractivity contribution is 0.176. The predicted molar refractivity (Wildman–Crippen MR) is 100.0 cm³/mol. The minimum absolute atomic E-state index is 0.0336. The van der Waals surface area contributed by atoms with Gasteiger partial charge in [0.15, 0.2) is 17.4 Å². The van der Waals surface area contributed by atoms with Gasteiger partial charge in [-0.15, -0.1) is 0 Å². The summed E-state index contributed by atoms with van der Waals surface area (Å²) in [5, 5.41) is 0. The van der Waals surface area contributed by atoms with Crippen molar-refractivity contribution in [3.8, 4) is 28.0 Å². The van der Waals surface area contributed by atoms with Crippen LogP contribution in [0.2, 0.25) is 0 Å². The molecule has 0 fully saturated rings. The van der Waals surface area contributed by atoms with E-state index >= 15 is 0 Å². The summed E-state index contributed by atoms with van der Waals surface area (Å²) in [4.78, 5) is 0. The Kier molecular flexibility index (Phi) is 6.16. The zero-order valence-electron chi connectivity index (χ0n) is 15.2. The second kappa shape index (κ2) is 8.77. The molecule has 3 aromatic carbocycles. The average molecular weight is 406 g/mol. The maximum absolute atomic E-state index is 13.9. The van der Waals surface area contributed by atoms with E-state index in [1.807, 2.05) is 0 Å². The fourth-order valence-electron chi connectivity index (χ4n) is 2.79. The quantitative estimate of drug-likeness (QED) is 0.330. The van der Waals surface area contributed by atoms with E-state index in [2.05, 4.69) is 9.47 Å². The second-order valence-electron chi connectivity index (χ2n) is 5.97. The van der Waals surface area contributed by atoms with Crippen LogP contribution in [-0.2, 0) is 4.74 Å². The number of halogens is 5. The largest absolute Gasteiger partial charge is 0.472 e.